The Labute approximate surface area is 126 Å². The van der Waals surface area contributed by atoms with Crippen LogP contribution in [0.25, 0.3) is 0 Å². The molecule has 0 nitrogen and oxygen atoms in total. The van der Waals surface area contributed by atoms with Crippen LogP contribution in [0.4, 0.5) is 0 Å². The second-order valence-corrected chi connectivity index (χ2v) is 6.10. The first kappa shape index (κ1) is 16.0. The molecule has 1 heteroatoms. The van der Waals surface area contributed by atoms with Crippen molar-refractivity contribution in [3.63, 3.8) is 0 Å². The molecule has 0 aromatic heterocycles. The molecule has 0 saturated heterocycles. The monoisotopic (exact) mass is 318 g/mol. The van der Waals surface area contributed by atoms with Crippen LogP contribution < -0.4 is 0 Å². The Morgan fingerprint density at radius 3 is 1.58 bits per heavy atom. The fourth-order valence-electron chi connectivity index (χ4n) is 1.78. The number of hydrogen-bond donors (Lipinski definition) is 0. The summed E-state index contributed by atoms with van der Waals surface area (Å²) in [5.74, 6) is 1.27. The van der Waals surface area contributed by atoms with E-state index in [9.17, 15) is 0 Å². The average Bonchev–Trinajstić information content (AvgIpc) is 2.40. The number of benzene rings is 2. The summed E-state index contributed by atoms with van der Waals surface area (Å²) in [5, 5.41) is 0. The molecule has 0 atom stereocenters. The van der Waals surface area contributed by atoms with E-state index >= 15 is 0 Å². The summed E-state index contributed by atoms with van der Waals surface area (Å²) >= 11 is 3.50. The van der Waals surface area contributed by atoms with E-state index < -0.39 is 0 Å². The van der Waals surface area contributed by atoms with Crippen LogP contribution in [0.3, 0.4) is 0 Å². The molecule has 0 radical (unpaired) electrons. The minimum Gasteiger partial charge on any atom is -0.0622 e. The highest BCUT2D eigenvalue weighted by atomic mass is 79.9. The Bertz CT molecular complexity index is 472. The molecule has 0 aliphatic heterocycles. The van der Waals surface area contributed by atoms with Gasteiger partial charge in [0, 0.05) is 4.47 Å². The minimum absolute atomic E-state index is 0.607. The number of halogens is 1. The molecule has 0 spiro atoms. The van der Waals surface area contributed by atoms with Crippen molar-refractivity contribution in [2.24, 2.45) is 0 Å². The maximum Gasteiger partial charge on any atom is 0.0209 e. The van der Waals surface area contributed by atoms with Gasteiger partial charge in [-0.05, 0) is 29.0 Å². The Hall–Kier alpha value is -1.08. The fraction of sp³-hybridized carbons (Fsp3) is 0.333. The fourth-order valence-corrected chi connectivity index (χ4v) is 2.52. The standard InChI is InChI=1S/C9H11Br.C9H12/c1-7(2)8-5-3-4-6-9(8)10;1-8(2)9-6-4-3-5-7-9/h3-7H,1-2H3;3-8H,1-2H3. The Morgan fingerprint density at radius 2 is 1.21 bits per heavy atom. The Morgan fingerprint density at radius 1 is 0.684 bits per heavy atom. The topological polar surface area (TPSA) is 0 Å². The third-order valence-corrected chi connectivity index (χ3v) is 3.72. The first-order valence-electron chi connectivity index (χ1n) is 6.81. The Kier molecular flexibility index (Phi) is 6.86. The highest BCUT2D eigenvalue weighted by molar-refractivity contribution is 9.10. The second kappa shape index (κ2) is 8.16. The van der Waals surface area contributed by atoms with Crippen LogP contribution in [0, 0.1) is 0 Å². The summed E-state index contributed by atoms with van der Waals surface area (Å²) in [4.78, 5) is 0. The second-order valence-electron chi connectivity index (χ2n) is 5.24. The van der Waals surface area contributed by atoms with Gasteiger partial charge in [0.2, 0.25) is 0 Å². The normalized spacial score (nSPS) is 10.3. The molecular weight excluding hydrogens is 296 g/mol. The smallest absolute Gasteiger partial charge is 0.0209 e. The molecule has 0 unspecified atom stereocenters. The van der Waals surface area contributed by atoms with Gasteiger partial charge in [0.1, 0.15) is 0 Å². The van der Waals surface area contributed by atoms with E-state index in [1.807, 2.05) is 12.1 Å². The molecule has 0 amide bonds. The van der Waals surface area contributed by atoms with Crippen LogP contribution in [-0.4, -0.2) is 0 Å². The van der Waals surface area contributed by atoms with Gasteiger partial charge in [0.05, 0.1) is 0 Å². The third kappa shape index (κ3) is 5.61. The molecule has 2 aromatic rings. The largest absolute Gasteiger partial charge is 0.0622 e. The molecule has 0 heterocycles. The van der Waals surface area contributed by atoms with Gasteiger partial charge in [-0.25, -0.2) is 0 Å². The summed E-state index contributed by atoms with van der Waals surface area (Å²) in [7, 11) is 0. The summed E-state index contributed by atoms with van der Waals surface area (Å²) in [6.45, 7) is 8.80. The van der Waals surface area contributed by atoms with Crippen LogP contribution in [0.5, 0.6) is 0 Å². The first-order valence-corrected chi connectivity index (χ1v) is 7.61. The lowest BCUT2D eigenvalue weighted by Crippen LogP contribution is -1.86. The molecule has 0 bridgehead atoms. The van der Waals surface area contributed by atoms with E-state index in [-0.39, 0.29) is 0 Å². The van der Waals surface area contributed by atoms with Crippen molar-refractivity contribution >= 4 is 15.9 Å². The maximum atomic E-state index is 3.50. The average molecular weight is 319 g/mol. The zero-order chi connectivity index (χ0) is 14.3. The van der Waals surface area contributed by atoms with Crippen LogP contribution >= 0.6 is 15.9 Å². The van der Waals surface area contributed by atoms with Gasteiger partial charge in [-0.15, -0.1) is 0 Å². The molecule has 2 rings (SSSR count). The molecule has 0 fully saturated rings. The lowest BCUT2D eigenvalue weighted by molar-refractivity contribution is 0.861. The van der Waals surface area contributed by atoms with Gasteiger partial charge in [0.15, 0.2) is 0 Å². The molecular formula is C18H23Br. The highest BCUT2D eigenvalue weighted by Crippen LogP contribution is 2.23. The maximum absolute atomic E-state index is 3.50. The van der Waals surface area contributed by atoms with Gasteiger partial charge in [-0.3, -0.25) is 0 Å². The molecule has 0 aliphatic carbocycles. The van der Waals surface area contributed by atoms with E-state index in [1.165, 1.54) is 15.6 Å². The lowest BCUT2D eigenvalue weighted by Gasteiger charge is -2.06. The van der Waals surface area contributed by atoms with Gasteiger partial charge < -0.3 is 0 Å². The number of hydrogen-bond acceptors (Lipinski definition) is 0. The molecule has 19 heavy (non-hydrogen) atoms. The van der Waals surface area contributed by atoms with E-state index in [0.717, 1.165) is 0 Å². The molecule has 2 aromatic carbocycles. The van der Waals surface area contributed by atoms with Crippen LogP contribution in [0.15, 0.2) is 59.1 Å². The molecule has 102 valence electrons. The van der Waals surface area contributed by atoms with E-state index in [4.69, 9.17) is 0 Å². The highest BCUT2D eigenvalue weighted by Gasteiger charge is 2.00. The van der Waals surface area contributed by atoms with E-state index in [2.05, 4.69) is 86.1 Å². The quantitative estimate of drug-likeness (QED) is 0.602. The summed E-state index contributed by atoms with van der Waals surface area (Å²) in [6, 6.07) is 18.9. The Balaban J connectivity index is 0.000000191. The first-order chi connectivity index (χ1) is 9.02. The predicted molar refractivity (Wildman–Crippen MR) is 88.8 cm³/mol. The zero-order valence-corrected chi connectivity index (χ0v) is 13.8. The molecule has 0 saturated carbocycles. The van der Waals surface area contributed by atoms with Crippen molar-refractivity contribution in [3.8, 4) is 0 Å². The van der Waals surface area contributed by atoms with Gasteiger partial charge in [0.25, 0.3) is 0 Å². The minimum atomic E-state index is 0.607. The van der Waals surface area contributed by atoms with Crippen LogP contribution in [-0.2, 0) is 0 Å². The SMILES string of the molecule is CC(C)c1ccccc1.CC(C)c1ccccc1Br. The number of rotatable bonds is 2. The molecule has 0 N–H and O–H groups in total. The summed E-state index contributed by atoms with van der Waals surface area (Å²) < 4.78 is 1.21. The van der Waals surface area contributed by atoms with E-state index in [0.29, 0.717) is 11.8 Å². The van der Waals surface area contributed by atoms with Gasteiger partial charge in [-0.1, -0.05) is 92.2 Å². The van der Waals surface area contributed by atoms with Gasteiger partial charge in [-0.2, -0.15) is 0 Å². The van der Waals surface area contributed by atoms with E-state index in [1.54, 1.807) is 0 Å². The van der Waals surface area contributed by atoms with Crippen molar-refractivity contribution in [1.29, 1.82) is 0 Å². The van der Waals surface area contributed by atoms with Crippen molar-refractivity contribution in [2.75, 3.05) is 0 Å². The van der Waals surface area contributed by atoms with Crippen molar-refractivity contribution in [3.05, 3.63) is 70.2 Å². The van der Waals surface area contributed by atoms with Crippen molar-refractivity contribution in [1.82, 2.24) is 0 Å². The van der Waals surface area contributed by atoms with Crippen molar-refractivity contribution < 1.29 is 0 Å². The van der Waals surface area contributed by atoms with Gasteiger partial charge >= 0.3 is 0 Å². The van der Waals surface area contributed by atoms with Crippen molar-refractivity contribution in [2.45, 2.75) is 39.5 Å². The third-order valence-electron chi connectivity index (χ3n) is 2.99. The predicted octanol–water partition coefficient (Wildman–Crippen LogP) is 6.38. The van der Waals surface area contributed by atoms with Crippen LogP contribution in [0.1, 0.15) is 50.7 Å². The van der Waals surface area contributed by atoms with Crippen LogP contribution in [0.2, 0.25) is 0 Å². The molecule has 0 aliphatic rings. The summed E-state index contributed by atoms with van der Waals surface area (Å²) in [6.07, 6.45) is 0. The zero-order valence-electron chi connectivity index (χ0n) is 12.2. The lowest BCUT2D eigenvalue weighted by atomic mass is 10.0. The summed E-state index contributed by atoms with van der Waals surface area (Å²) in [5.41, 5.74) is 2.79.